The summed E-state index contributed by atoms with van der Waals surface area (Å²) in [4.78, 5) is 12.4. The van der Waals surface area contributed by atoms with E-state index in [1.54, 1.807) is 10.6 Å². The molecule has 3 aromatic rings. The maximum absolute atomic E-state index is 12.4. The van der Waals surface area contributed by atoms with E-state index in [0.29, 0.717) is 18.9 Å². The van der Waals surface area contributed by atoms with E-state index in [-0.39, 0.29) is 5.56 Å². The van der Waals surface area contributed by atoms with Crippen molar-refractivity contribution in [3.05, 3.63) is 99.5 Å². The Hall–Kier alpha value is -2.81. The van der Waals surface area contributed by atoms with Crippen LogP contribution in [-0.2, 0) is 32.4 Å². The maximum Gasteiger partial charge on any atom is 0.254 e. The van der Waals surface area contributed by atoms with Crippen molar-refractivity contribution in [2.75, 3.05) is 0 Å². The third kappa shape index (κ3) is 4.72. The SMILES string of the molecule is O=c1cc(OCc2ccccc2)ccn1CCc1ccc2c(c1)CCCCC2. The predicted molar refractivity (Wildman–Crippen MR) is 113 cm³/mol. The molecule has 0 radical (unpaired) electrons. The molecule has 3 nitrogen and oxygen atoms in total. The zero-order valence-electron chi connectivity index (χ0n) is 16.3. The third-order valence-corrected chi connectivity index (χ3v) is 5.52. The lowest BCUT2D eigenvalue weighted by Gasteiger charge is -2.11. The molecule has 0 unspecified atom stereocenters. The van der Waals surface area contributed by atoms with Crippen LogP contribution in [0.25, 0.3) is 0 Å². The molecular weight excluding hydrogens is 346 g/mol. The molecule has 0 bridgehead atoms. The van der Waals surface area contributed by atoms with Gasteiger partial charge in [0.25, 0.3) is 5.56 Å². The van der Waals surface area contributed by atoms with Crippen LogP contribution >= 0.6 is 0 Å². The van der Waals surface area contributed by atoms with E-state index in [9.17, 15) is 4.79 Å². The predicted octanol–water partition coefficient (Wildman–Crippen LogP) is 4.94. The number of hydrogen-bond acceptors (Lipinski definition) is 2. The smallest absolute Gasteiger partial charge is 0.254 e. The van der Waals surface area contributed by atoms with Crippen LogP contribution in [0.5, 0.6) is 5.75 Å². The molecule has 0 aliphatic heterocycles. The Morgan fingerprint density at radius 1 is 0.821 bits per heavy atom. The van der Waals surface area contributed by atoms with Crippen LogP contribution in [0, 0.1) is 0 Å². The van der Waals surface area contributed by atoms with Crippen molar-refractivity contribution in [2.24, 2.45) is 0 Å². The average Bonchev–Trinajstić information content (AvgIpc) is 2.97. The molecule has 1 aliphatic rings. The highest BCUT2D eigenvalue weighted by Crippen LogP contribution is 2.22. The molecule has 0 saturated carbocycles. The standard InChI is InChI=1S/C25H27NO2/c27-25-18-24(28-19-21-7-3-1-4-8-21)14-16-26(25)15-13-20-11-12-22-9-5-2-6-10-23(22)17-20/h1,3-4,7-8,11-12,14,16-18H,2,5-6,9-10,13,15,19H2. The Morgan fingerprint density at radius 3 is 2.46 bits per heavy atom. The number of aromatic nitrogens is 1. The lowest BCUT2D eigenvalue weighted by Crippen LogP contribution is -2.19. The lowest BCUT2D eigenvalue weighted by molar-refractivity contribution is 0.305. The molecule has 3 heteroatoms. The minimum absolute atomic E-state index is 0.0136. The summed E-state index contributed by atoms with van der Waals surface area (Å²) in [6.07, 6.45) is 9.04. The van der Waals surface area contributed by atoms with Crippen LogP contribution in [0.2, 0.25) is 0 Å². The summed E-state index contributed by atoms with van der Waals surface area (Å²) in [5.41, 5.74) is 5.41. The molecule has 0 fully saturated rings. The summed E-state index contributed by atoms with van der Waals surface area (Å²) >= 11 is 0. The zero-order valence-corrected chi connectivity index (χ0v) is 16.3. The first-order valence-corrected chi connectivity index (χ1v) is 10.3. The van der Waals surface area contributed by atoms with Crippen molar-refractivity contribution >= 4 is 0 Å². The van der Waals surface area contributed by atoms with Crippen molar-refractivity contribution in [1.29, 1.82) is 0 Å². The Balaban J connectivity index is 1.37. The molecule has 144 valence electrons. The quantitative estimate of drug-likeness (QED) is 0.573. The van der Waals surface area contributed by atoms with Gasteiger partial charge in [0, 0.05) is 18.8 Å². The average molecular weight is 373 g/mol. The second-order valence-electron chi connectivity index (χ2n) is 7.58. The van der Waals surface area contributed by atoms with Gasteiger partial charge in [-0.3, -0.25) is 4.79 Å². The van der Waals surface area contributed by atoms with E-state index in [1.165, 1.54) is 48.8 Å². The topological polar surface area (TPSA) is 31.2 Å². The fourth-order valence-electron chi connectivity index (χ4n) is 3.87. The highest BCUT2D eigenvalue weighted by Gasteiger charge is 2.09. The van der Waals surface area contributed by atoms with Gasteiger partial charge in [0.15, 0.2) is 0 Å². The normalized spacial score (nSPS) is 13.6. The summed E-state index contributed by atoms with van der Waals surface area (Å²) in [5.74, 6) is 0.620. The molecule has 0 amide bonds. The summed E-state index contributed by atoms with van der Waals surface area (Å²) < 4.78 is 7.52. The van der Waals surface area contributed by atoms with E-state index in [4.69, 9.17) is 4.74 Å². The molecule has 1 aromatic heterocycles. The van der Waals surface area contributed by atoms with Crippen LogP contribution in [-0.4, -0.2) is 4.57 Å². The van der Waals surface area contributed by atoms with E-state index in [2.05, 4.69) is 18.2 Å². The largest absolute Gasteiger partial charge is 0.489 e. The van der Waals surface area contributed by atoms with Crippen LogP contribution in [0.15, 0.2) is 71.7 Å². The highest BCUT2D eigenvalue weighted by molar-refractivity contribution is 5.33. The van der Waals surface area contributed by atoms with Crippen molar-refractivity contribution in [3.63, 3.8) is 0 Å². The first kappa shape index (κ1) is 18.5. The molecule has 0 saturated heterocycles. The monoisotopic (exact) mass is 373 g/mol. The van der Waals surface area contributed by atoms with Gasteiger partial charge in [-0.05, 0) is 60.4 Å². The molecule has 28 heavy (non-hydrogen) atoms. The Morgan fingerprint density at radius 2 is 1.64 bits per heavy atom. The van der Waals surface area contributed by atoms with Gasteiger partial charge >= 0.3 is 0 Å². The maximum atomic E-state index is 12.4. The molecule has 0 atom stereocenters. The molecule has 1 aliphatic carbocycles. The molecule has 0 spiro atoms. The summed E-state index contributed by atoms with van der Waals surface area (Å²) in [6, 6.07) is 20.3. The number of fused-ring (bicyclic) bond motifs is 1. The fourth-order valence-corrected chi connectivity index (χ4v) is 3.87. The van der Waals surface area contributed by atoms with Crippen molar-refractivity contribution in [3.8, 4) is 5.75 Å². The van der Waals surface area contributed by atoms with Gasteiger partial charge in [-0.25, -0.2) is 0 Å². The Labute approximate surface area is 166 Å². The summed E-state index contributed by atoms with van der Waals surface area (Å²) in [6.45, 7) is 1.16. The van der Waals surface area contributed by atoms with Crippen LogP contribution < -0.4 is 10.3 Å². The van der Waals surface area contributed by atoms with E-state index in [1.807, 2.05) is 42.6 Å². The molecule has 4 rings (SSSR count). The summed E-state index contributed by atoms with van der Waals surface area (Å²) in [7, 11) is 0. The van der Waals surface area contributed by atoms with E-state index in [0.717, 1.165) is 12.0 Å². The van der Waals surface area contributed by atoms with Gasteiger partial charge in [0.1, 0.15) is 12.4 Å². The van der Waals surface area contributed by atoms with Crippen molar-refractivity contribution in [2.45, 2.75) is 51.7 Å². The molecule has 0 N–H and O–H groups in total. The lowest BCUT2D eigenvalue weighted by atomic mass is 9.99. The van der Waals surface area contributed by atoms with E-state index >= 15 is 0 Å². The number of benzene rings is 2. The fraction of sp³-hybridized carbons (Fsp3) is 0.320. The first-order valence-electron chi connectivity index (χ1n) is 10.3. The second kappa shape index (κ2) is 8.92. The molecular formula is C25H27NO2. The van der Waals surface area contributed by atoms with Gasteiger partial charge in [0.05, 0.1) is 0 Å². The number of hydrogen-bond donors (Lipinski definition) is 0. The van der Waals surface area contributed by atoms with Crippen LogP contribution in [0.1, 0.15) is 41.5 Å². The zero-order chi connectivity index (χ0) is 19.2. The first-order chi connectivity index (χ1) is 13.8. The number of rotatable bonds is 6. The second-order valence-corrected chi connectivity index (χ2v) is 7.58. The van der Waals surface area contributed by atoms with E-state index < -0.39 is 0 Å². The van der Waals surface area contributed by atoms with Gasteiger partial charge in [-0.1, -0.05) is 55.0 Å². The highest BCUT2D eigenvalue weighted by atomic mass is 16.5. The van der Waals surface area contributed by atoms with Crippen LogP contribution in [0.4, 0.5) is 0 Å². The van der Waals surface area contributed by atoms with Crippen LogP contribution in [0.3, 0.4) is 0 Å². The number of nitrogens with zero attached hydrogens (tertiary/aromatic N) is 1. The Kier molecular flexibility index (Phi) is 5.91. The van der Waals surface area contributed by atoms with Crippen molar-refractivity contribution in [1.82, 2.24) is 4.57 Å². The molecule has 2 aromatic carbocycles. The minimum atomic E-state index is -0.0136. The van der Waals surface area contributed by atoms with Crippen molar-refractivity contribution < 1.29 is 4.74 Å². The molecule has 1 heterocycles. The number of pyridine rings is 1. The summed E-state index contributed by atoms with van der Waals surface area (Å²) in [5, 5.41) is 0. The minimum Gasteiger partial charge on any atom is -0.489 e. The number of ether oxygens (including phenoxy) is 1. The van der Waals surface area contributed by atoms with Gasteiger partial charge in [0.2, 0.25) is 0 Å². The third-order valence-electron chi connectivity index (χ3n) is 5.52. The van der Waals surface area contributed by atoms with Gasteiger partial charge in [-0.2, -0.15) is 0 Å². The van der Waals surface area contributed by atoms with Gasteiger partial charge in [-0.15, -0.1) is 0 Å². The Bertz CT molecular complexity index is 975. The number of aryl methyl sites for hydroxylation is 4. The van der Waals surface area contributed by atoms with Gasteiger partial charge < -0.3 is 9.30 Å².